The van der Waals surface area contributed by atoms with Crippen LogP contribution in [-0.2, 0) is 9.53 Å². The van der Waals surface area contributed by atoms with Crippen molar-refractivity contribution in [3.8, 4) is 11.3 Å². The summed E-state index contributed by atoms with van der Waals surface area (Å²) in [6.07, 6.45) is 1.80. The van der Waals surface area contributed by atoms with Gasteiger partial charge in [-0.3, -0.25) is 0 Å². The van der Waals surface area contributed by atoms with Gasteiger partial charge in [0.1, 0.15) is 0 Å². The number of nitrogens with one attached hydrogen (secondary N) is 1. The summed E-state index contributed by atoms with van der Waals surface area (Å²) in [5.74, 6) is -0.0967. The van der Waals surface area contributed by atoms with E-state index in [1.54, 1.807) is 6.20 Å². The minimum atomic E-state index is -0.647. The van der Waals surface area contributed by atoms with Crippen LogP contribution in [0.15, 0.2) is 60.8 Å². The Labute approximate surface area is 177 Å². The van der Waals surface area contributed by atoms with Crippen LogP contribution >= 0.6 is 0 Å². The average molecular weight is 450 g/mol. The maximum atomic E-state index is 11.5. The Kier molecular flexibility index (Phi) is 6.23. The fourth-order valence-electron chi connectivity index (χ4n) is 3.28. The third kappa shape index (κ3) is 5.03. The molecule has 1 N–H and O–H groups in total. The summed E-state index contributed by atoms with van der Waals surface area (Å²) in [6.45, 7) is 4.96. The standard InChI is InChI=1S/C22H23AsN4O2/c1-16(28)25-20-5-3-2-4-19(20)21-10-11-24-22(26-21)23-17-6-8-18(9-7-17)27-12-14-29-15-13-27/h2-11,23H,12-15H2,1H3,(H,25,28). The van der Waals surface area contributed by atoms with E-state index in [2.05, 4.69) is 39.5 Å². The van der Waals surface area contributed by atoms with E-state index < -0.39 is 15.8 Å². The van der Waals surface area contributed by atoms with Crippen molar-refractivity contribution in [2.45, 2.75) is 6.92 Å². The molecule has 0 spiro atoms. The SMILES string of the molecule is CC(=O)Nc1ccccc1-c1ccnc([AsH]c2ccc(N3CCOCC3)cc2)n1. The number of amides is 1. The van der Waals surface area contributed by atoms with E-state index in [0.717, 1.165) is 47.9 Å². The van der Waals surface area contributed by atoms with Crippen molar-refractivity contribution in [1.82, 2.24) is 9.97 Å². The first-order valence-corrected chi connectivity index (χ1v) is 11.7. The molecule has 1 aromatic heterocycles. The van der Waals surface area contributed by atoms with Gasteiger partial charge in [0.15, 0.2) is 0 Å². The van der Waals surface area contributed by atoms with Gasteiger partial charge in [-0.1, -0.05) is 0 Å². The van der Waals surface area contributed by atoms with Gasteiger partial charge in [-0.15, -0.1) is 0 Å². The number of carbonyl (C=O) groups is 1. The number of carbonyl (C=O) groups excluding carboxylic acids is 1. The van der Waals surface area contributed by atoms with Gasteiger partial charge in [0.25, 0.3) is 0 Å². The van der Waals surface area contributed by atoms with Gasteiger partial charge >= 0.3 is 177 Å². The molecule has 1 unspecified atom stereocenters. The van der Waals surface area contributed by atoms with Gasteiger partial charge in [0, 0.05) is 0 Å². The van der Waals surface area contributed by atoms with Crippen molar-refractivity contribution >= 4 is 42.0 Å². The topological polar surface area (TPSA) is 67.4 Å². The molecule has 0 aliphatic carbocycles. The monoisotopic (exact) mass is 450 g/mol. The second-order valence-corrected chi connectivity index (χ2v) is 9.44. The molecule has 1 aliphatic rings. The predicted octanol–water partition coefficient (Wildman–Crippen LogP) is 1.33. The van der Waals surface area contributed by atoms with Crippen molar-refractivity contribution in [2.75, 3.05) is 36.5 Å². The molecule has 1 saturated heterocycles. The van der Waals surface area contributed by atoms with Crippen molar-refractivity contribution in [3.05, 3.63) is 60.8 Å². The number of para-hydroxylation sites is 1. The summed E-state index contributed by atoms with van der Waals surface area (Å²) in [5, 5.41) is 2.88. The molecule has 1 amide bonds. The third-order valence-corrected chi connectivity index (χ3v) is 6.95. The predicted molar refractivity (Wildman–Crippen MR) is 118 cm³/mol. The second kappa shape index (κ2) is 9.20. The first-order chi connectivity index (χ1) is 14.2. The molecular weight excluding hydrogens is 427 g/mol. The molecule has 1 atom stereocenters. The summed E-state index contributed by atoms with van der Waals surface area (Å²) in [6, 6.07) is 18.3. The van der Waals surface area contributed by atoms with Crippen LogP contribution < -0.4 is 19.2 Å². The number of nitrogens with zero attached hydrogens (tertiary/aromatic N) is 3. The summed E-state index contributed by atoms with van der Waals surface area (Å²) >= 11 is -0.647. The number of anilines is 2. The van der Waals surface area contributed by atoms with Crippen molar-refractivity contribution in [3.63, 3.8) is 0 Å². The van der Waals surface area contributed by atoms with Gasteiger partial charge in [0.05, 0.1) is 0 Å². The zero-order valence-corrected chi connectivity index (χ0v) is 18.4. The number of morpholine rings is 1. The number of ether oxygens (including phenoxy) is 1. The first kappa shape index (κ1) is 19.6. The zero-order chi connectivity index (χ0) is 20.1. The quantitative estimate of drug-likeness (QED) is 0.595. The summed E-state index contributed by atoms with van der Waals surface area (Å²) in [7, 11) is 0. The molecule has 0 saturated carbocycles. The van der Waals surface area contributed by atoms with Crippen LogP contribution in [0.5, 0.6) is 0 Å². The van der Waals surface area contributed by atoms with Gasteiger partial charge in [-0.2, -0.15) is 0 Å². The van der Waals surface area contributed by atoms with Crippen LogP contribution in [-0.4, -0.2) is 57.9 Å². The Morgan fingerprint density at radius 1 is 1.07 bits per heavy atom. The molecule has 2 aromatic carbocycles. The van der Waals surface area contributed by atoms with Crippen molar-refractivity contribution in [1.29, 1.82) is 0 Å². The molecule has 148 valence electrons. The Bertz CT molecular complexity index is 988. The molecule has 6 nitrogen and oxygen atoms in total. The number of benzene rings is 2. The molecule has 0 bridgehead atoms. The fourth-order valence-corrected chi connectivity index (χ4v) is 5.18. The Morgan fingerprint density at radius 3 is 2.59 bits per heavy atom. The molecule has 1 fully saturated rings. The van der Waals surface area contributed by atoms with Crippen LogP contribution in [0.2, 0.25) is 0 Å². The summed E-state index contributed by atoms with van der Waals surface area (Å²) in [5.41, 5.74) is 3.73. The fraction of sp³-hybridized carbons (Fsp3) is 0.227. The molecule has 3 aromatic rings. The van der Waals surface area contributed by atoms with E-state index in [0.29, 0.717) is 0 Å². The average Bonchev–Trinajstić information content (AvgIpc) is 2.75. The Morgan fingerprint density at radius 2 is 1.83 bits per heavy atom. The van der Waals surface area contributed by atoms with Crippen LogP contribution in [0.25, 0.3) is 11.3 Å². The van der Waals surface area contributed by atoms with Crippen LogP contribution in [0.1, 0.15) is 6.92 Å². The Balaban J connectivity index is 1.52. The number of aromatic nitrogens is 2. The Hall–Kier alpha value is -2.69. The number of hydrogen-bond donors (Lipinski definition) is 1. The number of hydrogen-bond acceptors (Lipinski definition) is 5. The molecule has 29 heavy (non-hydrogen) atoms. The van der Waals surface area contributed by atoms with Crippen LogP contribution in [0.4, 0.5) is 11.4 Å². The van der Waals surface area contributed by atoms with E-state index in [4.69, 9.17) is 9.72 Å². The van der Waals surface area contributed by atoms with E-state index >= 15 is 0 Å². The van der Waals surface area contributed by atoms with Gasteiger partial charge < -0.3 is 0 Å². The molecule has 2 heterocycles. The number of rotatable bonds is 5. The first-order valence-electron chi connectivity index (χ1n) is 9.59. The van der Waals surface area contributed by atoms with Crippen LogP contribution in [0, 0.1) is 0 Å². The van der Waals surface area contributed by atoms with Crippen molar-refractivity contribution < 1.29 is 9.53 Å². The second-order valence-electron chi connectivity index (χ2n) is 6.76. The van der Waals surface area contributed by atoms with Gasteiger partial charge in [-0.25, -0.2) is 0 Å². The summed E-state index contributed by atoms with van der Waals surface area (Å²) < 4.78 is 7.59. The van der Waals surface area contributed by atoms with E-state index in [1.165, 1.54) is 17.0 Å². The van der Waals surface area contributed by atoms with Crippen molar-refractivity contribution in [2.24, 2.45) is 0 Å². The maximum absolute atomic E-state index is 11.5. The zero-order valence-electron chi connectivity index (χ0n) is 16.3. The van der Waals surface area contributed by atoms with Crippen LogP contribution in [0.3, 0.4) is 0 Å². The molecule has 1 aliphatic heterocycles. The summed E-state index contributed by atoms with van der Waals surface area (Å²) in [4.78, 5) is 23.1. The van der Waals surface area contributed by atoms with E-state index in [-0.39, 0.29) is 5.91 Å². The van der Waals surface area contributed by atoms with E-state index in [9.17, 15) is 4.79 Å². The molecule has 0 radical (unpaired) electrons. The van der Waals surface area contributed by atoms with Gasteiger partial charge in [0.2, 0.25) is 0 Å². The normalized spacial score (nSPS) is 14.3. The minimum absolute atomic E-state index is 0.0967. The third-order valence-electron chi connectivity index (χ3n) is 4.67. The van der Waals surface area contributed by atoms with E-state index in [1.807, 2.05) is 30.3 Å². The molecule has 4 rings (SSSR count). The van der Waals surface area contributed by atoms with Gasteiger partial charge in [-0.05, 0) is 0 Å². The molecule has 7 heteroatoms. The molecular formula is C22H23AsN4O2.